The van der Waals surface area contributed by atoms with Gasteiger partial charge in [0.15, 0.2) is 11.6 Å². The van der Waals surface area contributed by atoms with Crippen LogP contribution in [0.1, 0.15) is 18.9 Å². The molecule has 0 aliphatic rings. The summed E-state index contributed by atoms with van der Waals surface area (Å²) in [4.78, 5) is 39.0. The van der Waals surface area contributed by atoms with Gasteiger partial charge in [-0.15, -0.1) is 0 Å². The maximum Gasteiger partial charge on any atom is 0.358 e. The van der Waals surface area contributed by atoms with Crippen LogP contribution in [0.4, 0.5) is 19.8 Å². The smallest absolute Gasteiger partial charge is 0.358 e. The number of methoxy groups -OCH3 is 1. The standard InChI is InChI=1S/C17H20FN5O4/c1-3-8-19-16(25)23-10-12(18)14(22-17(23)26)21-15(24)20-9-11-6-4-5-7-13(11)27-2/h4-7,10H,3,8-9H2,1-2H3,(H,19,25)(H2,20,21,22,24,26). The number of carbonyl (C=O) groups is 2. The van der Waals surface area contributed by atoms with Gasteiger partial charge in [-0.3, -0.25) is 5.32 Å². The van der Waals surface area contributed by atoms with Crippen molar-refractivity contribution in [2.75, 3.05) is 19.0 Å². The number of rotatable bonds is 6. The van der Waals surface area contributed by atoms with E-state index < -0.39 is 29.4 Å². The molecule has 0 saturated heterocycles. The predicted molar refractivity (Wildman–Crippen MR) is 96.4 cm³/mol. The summed E-state index contributed by atoms with van der Waals surface area (Å²) in [6.45, 7) is 2.28. The van der Waals surface area contributed by atoms with E-state index in [0.29, 0.717) is 35.0 Å². The summed E-state index contributed by atoms with van der Waals surface area (Å²) in [5, 5.41) is 7.09. The van der Waals surface area contributed by atoms with E-state index in [1.807, 2.05) is 6.92 Å². The molecule has 144 valence electrons. The number of carbonyl (C=O) groups excluding carboxylic acids is 2. The fourth-order valence-corrected chi connectivity index (χ4v) is 2.16. The lowest BCUT2D eigenvalue weighted by molar-refractivity contribution is 0.241. The highest BCUT2D eigenvalue weighted by Crippen LogP contribution is 2.16. The molecule has 0 unspecified atom stereocenters. The summed E-state index contributed by atoms with van der Waals surface area (Å²) in [6.07, 6.45) is 1.33. The number of hydrogen-bond acceptors (Lipinski definition) is 5. The first-order valence-corrected chi connectivity index (χ1v) is 8.20. The quantitative estimate of drug-likeness (QED) is 0.709. The lowest BCUT2D eigenvalue weighted by Crippen LogP contribution is -2.39. The van der Waals surface area contributed by atoms with Crippen LogP contribution in [0.3, 0.4) is 0 Å². The third kappa shape index (κ3) is 5.27. The second-order valence-corrected chi connectivity index (χ2v) is 5.44. The van der Waals surface area contributed by atoms with E-state index in [4.69, 9.17) is 4.74 Å². The zero-order chi connectivity index (χ0) is 19.8. The van der Waals surface area contributed by atoms with E-state index in [1.165, 1.54) is 7.11 Å². The monoisotopic (exact) mass is 377 g/mol. The molecular formula is C17H20FN5O4. The lowest BCUT2D eigenvalue weighted by atomic mass is 10.2. The van der Waals surface area contributed by atoms with Crippen LogP contribution >= 0.6 is 0 Å². The van der Waals surface area contributed by atoms with E-state index in [1.54, 1.807) is 24.3 Å². The zero-order valence-corrected chi connectivity index (χ0v) is 14.9. The van der Waals surface area contributed by atoms with Gasteiger partial charge in [0.1, 0.15) is 5.75 Å². The molecule has 1 heterocycles. The molecule has 0 aliphatic carbocycles. The molecule has 0 saturated carbocycles. The molecule has 3 N–H and O–H groups in total. The lowest BCUT2D eigenvalue weighted by Gasteiger charge is -2.11. The number of anilines is 1. The number of hydrogen-bond donors (Lipinski definition) is 3. The van der Waals surface area contributed by atoms with Crippen LogP contribution in [0.25, 0.3) is 0 Å². The first-order valence-electron chi connectivity index (χ1n) is 8.20. The Morgan fingerprint density at radius 2 is 2.00 bits per heavy atom. The number of nitrogens with zero attached hydrogens (tertiary/aromatic N) is 2. The van der Waals surface area contributed by atoms with Gasteiger partial charge in [0, 0.05) is 18.7 Å². The van der Waals surface area contributed by atoms with Crippen LogP contribution in [0, 0.1) is 5.82 Å². The molecule has 0 spiro atoms. The molecule has 3 amide bonds. The van der Waals surface area contributed by atoms with Gasteiger partial charge >= 0.3 is 17.8 Å². The van der Waals surface area contributed by atoms with Crippen molar-refractivity contribution in [1.82, 2.24) is 20.2 Å². The number of para-hydroxylation sites is 1. The van der Waals surface area contributed by atoms with Crippen molar-refractivity contribution in [3.8, 4) is 5.75 Å². The van der Waals surface area contributed by atoms with Crippen LogP contribution in [-0.2, 0) is 6.54 Å². The van der Waals surface area contributed by atoms with Gasteiger partial charge in [0.25, 0.3) is 0 Å². The van der Waals surface area contributed by atoms with E-state index in [0.717, 1.165) is 0 Å². The van der Waals surface area contributed by atoms with Crippen LogP contribution in [-0.4, -0.2) is 35.3 Å². The maximum absolute atomic E-state index is 14.1. The highest BCUT2D eigenvalue weighted by Gasteiger charge is 2.15. The van der Waals surface area contributed by atoms with Gasteiger partial charge in [0.05, 0.1) is 13.3 Å². The van der Waals surface area contributed by atoms with E-state index in [9.17, 15) is 18.8 Å². The van der Waals surface area contributed by atoms with Crippen molar-refractivity contribution >= 4 is 17.9 Å². The van der Waals surface area contributed by atoms with Crippen molar-refractivity contribution in [1.29, 1.82) is 0 Å². The summed E-state index contributed by atoms with van der Waals surface area (Å²) in [5.74, 6) is -1.01. The van der Waals surface area contributed by atoms with Crippen molar-refractivity contribution in [3.63, 3.8) is 0 Å². The summed E-state index contributed by atoms with van der Waals surface area (Å²) >= 11 is 0. The number of benzene rings is 1. The Labute approximate surface area is 154 Å². The number of aromatic nitrogens is 2. The van der Waals surface area contributed by atoms with Crippen molar-refractivity contribution in [2.45, 2.75) is 19.9 Å². The minimum Gasteiger partial charge on any atom is -0.496 e. The van der Waals surface area contributed by atoms with E-state index >= 15 is 0 Å². The van der Waals surface area contributed by atoms with Gasteiger partial charge in [-0.2, -0.15) is 4.98 Å². The summed E-state index contributed by atoms with van der Waals surface area (Å²) in [7, 11) is 1.50. The molecule has 0 atom stereocenters. The first kappa shape index (κ1) is 19.9. The van der Waals surface area contributed by atoms with Crippen LogP contribution in [0.5, 0.6) is 5.75 Å². The molecule has 1 aromatic carbocycles. The Hall–Kier alpha value is -3.43. The van der Waals surface area contributed by atoms with Gasteiger partial charge < -0.3 is 15.4 Å². The fourth-order valence-electron chi connectivity index (χ4n) is 2.16. The minimum absolute atomic E-state index is 0.119. The van der Waals surface area contributed by atoms with Crippen molar-refractivity contribution in [2.24, 2.45) is 0 Å². The Balaban J connectivity index is 2.04. The van der Waals surface area contributed by atoms with Crippen LogP contribution in [0.15, 0.2) is 35.3 Å². The molecule has 27 heavy (non-hydrogen) atoms. The SMILES string of the molecule is CCCNC(=O)n1cc(F)c(NC(=O)NCc2ccccc2OC)nc1=O. The molecule has 9 nitrogen and oxygen atoms in total. The minimum atomic E-state index is -1.02. The highest BCUT2D eigenvalue weighted by molar-refractivity contribution is 5.88. The Bertz CT molecular complexity index is 884. The maximum atomic E-state index is 14.1. The topological polar surface area (TPSA) is 114 Å². The van der Waals surface area contributed by atoms with Gasteiger partial charge in [-0.25, -0.2) is 23.3 Å². The third-order valence-corrected chi connectivity index (χ3v) is 3.49. The second-order valence-electron chi connectivity index (χ2n) is 5.44. The van der Waals surface area contributed by atoms with Gasteiger partial charge in [-0.05, 0) is 12.5 Å². The Kier molecular flexibility index (Phi) is 6.86. The highest BCUT2D eigenvalue weighted by atomic mass is 19.1. The number of halogens is 1. The molecule has 0 aliphatic heterocycles. The van der Waals surface area contributed by atoms with Gasteiger partial charge in [0.2, 0.25) is 0 Å². The first-order chi connectivity index (χ1) is 13.0. The molecule has 2 rings (SSSR count). The summed E-state index contributed by atoms with van der Waals surface area (Å²) < 4.78 is 19.8. The zero-order valence-electron chi connectivity index (χ0n) is 14.9. The third-order valence-electron chi connectivity index (χ3n) is 3.49. The van der Waals surface area contributed by atoms with Crippen molar-refractivity contribution < 1.29 is 18.7 Å². The van der Waals surface area contributed by atoms with E-state index in [-0.39, 0.29) is 6.54 Å². The summed E-state index contributed by atoms with van der Waals surface area (Å²) in [6, 6.07) is 5.50. The van der Waals surface area contributed by atoms with Crippen LogP contribution < -0.4 is 26.4 Å². The largest absolute Gasteiger partial charge is 0.496 e. The molecule has 0 fully saturated rings. The molecule has 10 heteroatoms. The molecule has 1 aromatic heterocycles. The predicted octanol–water partition coefficient (Wildman–Crippen LogP) is 1.68. The molecular weight excluding hydrogens is 357 g/mol. The molecule has 0 radical (unpaired) electrons. The average molecular weight is 377 g/mol. The number of amides is 3. The Morgan fingerprint density at radius 3 is 2.70 bits per heavy atom. The van der Waals surface area contributed by atoms with E-state index in [2.05, 4.69) is 20.9 Å². The fraction of sp³-hybridized carbons (Fsp3) is 0.294. The summed E-state index contributed by atoms with van der Waals surface area (Å²) in [5.41, 5.74) is -0.295. The normalized spacial score (nSPS) is 10.2. The number of nitrogens with one attached hydrogen (secondary N) is 3. The second kappa shape index (κ2) is 9.32. The van der Waals surface area contributed by atoms with Gasteiger partial charge in [-0.1, -0.05) is 25.1 Å². The molecule has 0 bridgehead atoms. The number of urea groups is 1. The number of ether oxygens (including phenoxy) is 1. The van der Waals surface area contributed by atoms with Crippen LogP contribution in [0.2, 0.25) is 0 Å². The molecule has 2 aromatic rings. The Morgan fingerprint density at radius 1 is 1.26 bits per heavy atom. The average Bonchev–Trinajstić information content (AvgIpc) is 2.67. The van der Waals surface area contributed by atoms with Crippen molar-refractivity contribution in [3.05, 3.63) is 52.3 Å².